The molecule has 19 heavy (non-hydrogen) atoms. The summed E-state index contributed by atoms with van der Waals surface area (Å²) in [6.07, 6.45) is 1.71. The van der Waals surface area contributed by atoms with E-state index >= 15 is 0 Å². The van der Waals surface area contributed by atoms with E-state index < -0.39 is 0 Å². The number of hydrogen-bond acceptors (Lipinski definition) is 2. The zero-order valence-corrected chi connectivity index (χ0v) is 12.6. The van der Waals surface area contributed by atoms with Crippen molar-refractivity contribution in [3.8, 4) is 0 Å². The first-order chi connectivity index (χ1) is 9.15. The highest BCUT2D eigenvalue weighted by atomic mass is 127. The number of benzene rings is 1. The van der Waals surface area contributed by atoms with Crippen LogP contribution in [0.5, 0.6) is 0 Å². The third kappa shape index (κ3) is 4.20. The molecule has 2 aromatic rings. The normalized spacial score (nSPS) is 11.7. The molecule has 0 spiro atoms. The molecule has 1 aromatic carbocycles. The molecule has 0 aliphatic carbocycles. The van der Waals surface area contributed by atoms with Gasteiger partial charge in [-0.05, 0) is 59.8 Å². The number of urea groups is 1. The van der Waals surface area contributed by atoms with Gasteiger partial charge in [-0.2, -0.15) is 0 Å². The summed E-state index contributed by atoms with van der Waals surface area (Å²) in [6.45, 7) is 1.90. The van der Waals surface area contributed by atoms with Gasteiger partial charge in [0.05, 0.1) is 11.7 Å². The van der Waals surface area contributed by atoms with Crippen molar-refractivity contribution < 1.29 is 4.79 Å². The Morgan fingerprint density at radius 1 is 1.26 bits per heavy atom. The molecule has 98 valence electrons. The molecular formula is C14H14IN3O. The minimum Gasteiger partial charge on any atom is -0.330 e. The Kier molecular flexibility index (Phi) is 4.73. The van der Waals surface area contributed by atoms with Crippen LogP contribution in [0.1, 0.15) is 18.7 Å². The Morgan fingerprint density at radius 2 is 2.11 bits per heavy atom. The Labute approximate surface area is 125 Å². The molecule has 1 aromatic heterocycles. The second-order valence-corrected chi connectivity index (χ2v) is 5.33. The van der Waals surface area contributed by atoms with Gasteiger partial charge < -0.3 is 10.6 Å². The Bertz CT molecular complexity index is 560. The highest BCUT2D eigenvalue weighted by Crippen LogP contribution is 2.13. The van der Waals surface area contributed by atoms with Crippen molar-refractivity contribution >= 4 is 34.3 Å². The molecule has 2 amide bonds. The summed E-state index contributed by atoms with van der Waals surface area (Å²) in [6, 6.07) is 12.9. The van der Waals surface area contributed by atoms with E-state index in [4.69, 9.17) is 0 Å². The lowest BCUT2D eigenvalue weighted by Crippen LogP contribution is -2.31. The fourth-order valence-corrected chi connectivity index (χ4v) is 2.18. The largest absolute Gasteiger partial charge is 0.330 e. The van der Waals surface area contributed by atoms with Gasteiger partial charge in [0.2, 0.25) is 0 Å². The topological polar surface area (TPSA) is 54.0 Å². The summed E-state index contributed by atoms with van der Waals surface area (Å²) in [4.78, 5) is 16.1. The predicted octanol–water partition coefficient (Wildman–Crippen LogP) is 3.57. The molecule has 0 aliphatic heterocycles. The lowest BCUT2D eigenvalue weighted by molar-refractivity contribution is 0.249. The molecule has 0 bridgehead atoms. The minimum absolute atomic E-state index is 0.135. The van der Waals surface area contributed by atoms with Gasteiger partial charge in [-0.25, -0.2) is 4.79 Å². The smallest absolute Gasteiger partial charge is 0.319 e. The summed E-state index contributed by atoms with van der Waals surface area (Å²) >= 11 is 2.21. The van der Waals surface area contributed by atoms with Gasteiger partial charge in [0.1, 0.15) is 0 Å². The van der Waals surface area contributed by atoms with E-state index in [1.54, 1.807) is 6.20 Å². The molecule has 1 unspecified atom stereocenters. The summed E-state index contributed by atoms with van der Waals surface area (Å²) < 4.78 is 1.08. The molecule has 5 heteroatoms. The zero-order valence-electron chi connectivity index (χ0n) is 10.4. The van der Waals surface area contributed by atoms with Gasteiger partial charge in [-0.3, -0.25) is 4.98 Å². The van der Waals surface area contributed by atoms with Crippen LogP contribution >= 0.6 is 22.6 Å². The lowest BCUT2D eigenvalue weighted by atomic mass is 10.2. The van der Waals surface area contributed by atoms with Gasteiger partial charge in [0, 0.05) is 15.5 Å². The van der Waals surface area contributed by atoms with Crippen molar-refractivity contribution in [3.63, 3.8) is 0 Å². The van der Waals surface area contributed by atoms with E-state index in [0.29, 0.717) is 0 Å². The highest BCUT2D eigenvalue weighted by molar-refractivity contribution is 14.1. The molecule has 1 heterocycles. The third-order valence-electron chi connectivity index (χ3n) is 2.56. The van der Waals surface area contributed by atoms with E-state index in [2.05, 4.69) is 38.2 Å². The van der Waals surface area contributed by atoms with Crippen LogP contribution in [0.4, 0.5) is 10.5 Å². The SMILES string of the molecule is CC(NC(=O)Nc1cccc(I)c1)c1ccccn1. The van der Waals surface area contributed by atoms with Gasteiger partial charge in [0.15, 0.2) is 0 Å². The van der Waals surface area contributed by atoms with Crippen LogP contribution in [0.2, 0.25) is 0 Å². The summed E-state index contributed by atoms with van der Waals surface area (Å²) in [5.74, 6) is 0. The number of anilines is 1. The van der Waals surface area contributed by atoms with Crippen LogP contribution in [0.3, 0.4) is 0 Å². The number of aromatic nitrogens is 1. The standard InChI is InChI=1S/C14H14IN3O/c1-10(13-7-2-3-8-16-13)17-14(19)18-12-6-4-5-11(15)9-12/h2-10H,1H3,(H2,17,18,19). The number of carbonyl (C=O) groups is 1. The van der Waals surface area contributed by atoms with Crippen molar-refractivity contribution in [1.82, 2.24) is 10.3 Å². The van der Waals surface area contributed by atoms with Crippen molar-refractivity contribution in [2.45, 2.75) is 13.0 Å². The predicted molar refractivity (Wildman–Crippen MR) is 84.0 cm³/mol. The van der Waals surface area contributed by atoms with E-state index in [9.17, 15) is 4.79 Å². The third-order valence-corrected chi connectivity index (χ3v) is 3.23. The fraction of sp³-hybridized carbons (Fsp3) is 0.143. The molecule has 0 saturated carbocycles. The van der Waals surface area contributed by atoms with Crippen LogP contribution in [-0.4, -0.2) is 11.0 Å². The molecule has 4 nitrogen and oxygen atoms in total. The summed E-state index contributed by atoms with van der Waals surface area (Å²) in [5.41, 5.74) is 1.61. The quantitative estimate of drug-likeness (QED) is 0.815. The number of carbonyl (C=O) groups excluding carboxylic acids is 1. The van der Waals surface area contributed by atoms with E-state index in [1.807, 2.05) is 49.4 Å². The van der Waals surface area contributed by atoms with Crippen molar-refractivity contribution in [2.75, 3.05) is 5.32 Å². The average Bonchev–Trinajstić information content (AvgIpc) is 2.39. The van der Waals surface area contributed by atoms with Crippen molar-refractivity contribution in [3.05, 3.63) is 57.9 Å². The monoisotopic (exact) mass is 367 g/mol. The summed E-state index contributed by atoms with van der Waals surface area (Å²) in [7, 11) is 0. The Morgan fingerprint density at radius 3 is 2.79 bits per heavy atom. The van der Waals surface area contributed by atoms with Crippen molar-refractivity contribution in [2.24, 2.45) is 0 Å². The van der Waals surface area contributed by atoms with Gasteiger partial charge in [0.25, 0.3) is 0 Å². The van der Waals surface area contributed by atoms with Crippen molar-refractivity contribution in [1.29, 1.82) is 0 Å². The number of pyridine rings is 1. The second kappa shape index (κ2) is 6.51. The Hall–Kier alpha value is -1.63. The number of nitrogens with zero attached hydrogens (tertiary/aromatic N) is 1. The number of amides is 2. The fourth-order valence-electron chi connectivity index (χ4n) is 1.64. The molecule has 0 fully saturated rings. The van der Waals surface area contributed by atoms with Crippen LogP contribution < -0.4 is 10.6 Å². The van der Waals surface area contributed by atoms with Crippen LogP contribution in [0.25, 0.3) is 0 Å². The molecule has 0 radical (unpaired) electrons. The lowest BCUT2D eigenvalue weighted by Gasteiger charge is -2.14. The maximum absolute atomic E-state index is 11.9. The molecule has 0 saturated heterocycles. The number of halogens is 1. The Balaban J connectivity index is 1.95. The minimum atomic E-state index is -0.236. The van der Waals surface area contributed by atoms with Gasteiger partial charge in [-0.1, -0.05) is 12.1 Å². The molecule has 1 atom stereocenters. The van der Waals surface area contributed by atoms with Crippen LogP contribution in [0.15, 0.2) is 48.7 Å². The number of rotatable bonds is 3. The van der Waals surface area contributed by atoms with Gasteiger partial charge >= 0.3 is 6.03 Å². The molecular weight excluding hydrogens is 353 g/mol. The molecule has 2 N–H and O–H groups in total. The maximum Gasteiger partial charge on any atom is 0.319 e. The number of nitrogens with one attached hydrogen (secondary N) is 2. The molecule has 2 rings (SSSR count). The van der Waals surface area contributed by atoms with E-state index in [1.165, 1.54) is 0 Å². The average molecular weight is 367 g/mol. The van der Waals surface area contributed by atoms with E-state index in [0.717, 1.165) is 15.0 Å². The van der Waals surface area contributed by atoms with E-state index in [-0.39, 0.29) is 12.1 Å². The first kappa shape index (κ1) is 13.8. The second-order valence-electron chi connectivity index (χ2n) is 4.09. The first-order valence-electron chi connectivity index (χ1n) is 5.89. The number of hydrogen-bond donors (Lipinski definition) is 2. The highest BCUT2D eigenvalue weighted by Gasteiger charge is 2.10. The zero-order chi connectivity index (χ0) is 13.7. The van der Waals surface area contributed by atoms with Crippen LogP contribution in [-0.2, 0) is 0 Å². The summed E-state index contributed by atoms with van der Waals surface area (Å²) in [5, 5.41) is 5.65. The first-order valence-corrected chi connectivity index (χ1v) is 6.97. The van der Waals surface area contributed by atoms with Crippen LogP contribution in [0, 0.1) is 3.57 Å². The molecule has 0 aliphatic rings. The van der Waals surface area contributed by atoms with Gasteiger partial charge in [-0.15, -0.1) is 0 Å². The maximum atomic E-state index is 11.9.